The molecular weight excluding hydrogens is 314 g/mol. The predicted molar refractivity (Wildman–Crippen MR) is 70.1 cm³/mol. The Labute approximate surface area is 119 Å². The van der Waals surface area contributed by atoms with Gasteiger partial charge in [0.2, 0.25) is 0 Å². The average Bonchev–Trinajstić information content (AvgIpc) is 2.41. The minimum absolute atomic E-state index is 0.242. The number of nitriles is 1. The summed E-state index contributed by atoms with van der Waals surface area (Å²) in [6.07, 6.45) is 3.14. The Kier molecular flexibility index (Phi) is 5.96. The van der Waals surface area contributed by atoms with E-state index in [1.54, 1.807) is 13.1 Å². The van der Waals surface area contributed by atoms with Crippen LogP contribution in [0.15, 0.2) is 22.9 Å². The van der Waals surface area contributed by atoms with Crippen molar-refractivity contribution >= 4 is 27.8 Å². The van der Waals surface area contributed by atoms with E-state index in [0.29, 0.717) is 11.0 Å². The van der Waals surface area contributed by atoms with Crippen molar-refractivity contribution in [1.82, 2.24) is 9.88 Å². The first-order chi connectivity index (χ1) is 9.04. The van der Waals surface area contributed by atoms with Gasteiger partial charge >= 0.3 is 5.97 Å². The highest BCUT2D eigenvalue weighted by atomic mass is 79.9. The first kappa shape index (κ1) is 15.1. The Morgan fingerprint density at radius 1 is 1.53 bits per heavy atom. The van der Waals surface area contributed by atoms with Crippen molar-refractivity contribution in [3.8, 4) is 6.07 Å². The van der Waals surface area contributed by atoms with Crippen LogP contribution in [0, 0.1) is 11.3 Å². The number of nitrogens with zero attached hydrogens (tertiary/aromatic N) is 3. The molecule has 0 aromatic carbocycles. The molecule has 0 fully saturated rings. The van der Waals surface area contributed by atoms with Gasteiger partial charge < -0.3 is 9.64 Å². The third-order valence-electron chi connectivity index (χ3n) is 2.25. The van der Waals surface area contributed by atoms with Crippen molar-refractivity contribution in [3.05, 3.63) is 28.5 Å². The summed E-state index contributed by atoms with van der Waals surface area (Å²) in [6.45, 7) is -0.0431. The van der Waals surface area contributed by atoms with Crippen LogP contribution in [0.1, 0.15) is 16.8 Å². The molecule has 0 N–H and O–H groups in total. The van der Waals surface area contributed by atoms with Crippen molar-refractivity contribution in [1.29, 1.82) is 5.26 Å². The average molecular weight is 326 g/mol. The van der Waals surface area contributed by atoms with Crippen LogP contribution in [0.3, 0.4) is 0 Å². The van der Waals surface area contributed by atoms with Crippen LogP contribution in [-0.4, -0.2) is 42.0 Å². The van der Waals surface area contributed by atoms with Gasteiger partial charge in [-0.15, -0.1) is 0 Å². The van der Waals surface area contributed by atoms with Gasteiger partial charge in [0, 0.05) is 30.5 Å². The standard InChI is InChI=1S/C12H12BrN3O3/c1-16(4-2-3-14)11(17)8-19-12(18)9-5-10(13)7-15-6-9/h5-7H,2,4,8H2,1H3. The minimum atomic E-state index is -0.615. The number of aromatic nitrogens is 1. The highest BCUT2D eigenvalue weighted by molar-refractivity contribution is 9.10. The third kappa shape index (κ3) is 5.06. The fourth-order valence-electron chi connectivity index (χ4n) is 1.19. The van der Waals surface area contributed by atoms with Crippen LogP contribution in [0.25, 0.3) is 0 Å². The molecule has 1 aromatic heterocycles. The number of rotatable bonds is 5. The van der Waals surface area contributed by atoms with Crippen LogP contribution in [0.5, 0.6) is 0 Å². The van der Waals surface area contributed by atoms with Gasteiger partial charge in [-0.2, -0.15) is 5.26 Å². The quantitative estimate of drug-likeness (QED) is 0.763. The molecule has 0 aliphatic carbocycles. The normalized spacial score (nSPS) is 9.53. The molecule has 1 rings (SSSR count). The molecule has 0 unspecified atom stereocenters. The first-order valence-corrected chi connectivity index (χ1v) is 6.22. The lowest BCUT2D eigenvalue weighted by Gasteiger charge is -2.15. The zero-order valence-corrected chi connectivity index (χ0v) is 11.9. The van der Waals surface area contributed by atoms with Gasteiger partial charge in [-0.25, -0.2) is 4.79 Å². The zero-order chi connectivity index (χ0) is 14.3. The van der Waals surface area contributed by atoms with Crippen LogP contribution in [0.2, 0.25) is 0 Å². The number of hydrogen-bond donors (Lipinski definition) is 0. The molecule has 0 saturated carbocycles. The number of amides is 1. The monoisotopic (exact) mass is 325 g/mol. The minimum Gasteiger partial charge on any atom is -0.452 e. The molecule has 19 heavy (non-hydrogen) atoms. The zero-order valence-electron chi connectivity index (χ0n) is 10.3. The van der Waals surface area contributed by atoms with Crippen LogP contribution < -0.4 is 0 Å². The maximum absolute atomic E-state index is 11.6. The van der Waals surface area contributed by atoms with E-state index >= 15 is 0 Å². The van der Waals surface area contributed by atoms with E-state index in [4.69, 9.17) is 10.00 Å². The summed E-state index contributed by atoms with van der Waals surface area (Å²) < 4.78 is 5.52. The lowest BCUT2D eigenvalue weighted by molar-refractivity contribution is -0.133. The molecule has 0 aliphatic rings. The summed E-state index contributed by atoms with van der Waals surface area (Å²) in [5.41, 5.74) is 0.266. The Morgan fingerprint density at radius 2 is 2.26 bits per heavy atom. The second kappa shape index (κ2) is 7.48. The summed E-state index contributed by atoms with van der Waals surface area (Å²) in [5, 5.41) is 8.40. The van der Waals surface area contributed by atoms with E-state index in [1.807, 2.05) is 6.07 Å². The molecule has 6 nitrogen and oxygen atoms in total. The third-order valence-corrected chi connectivity index (χ3v) is 2.69. The summed E-state index contributed by atoms with van der Waals surface area (Å²) in [4.78, 5) is 28.4. The van der Waals surface area contributed by atoms with Crippen molar-refractivity contribution in [2.24, 2.45) is 0 Å². The smallest absolute Gasteiger partial charge is 0.340 e. The van der Waals surface area contributed by atoms with Crippen LogP contribution >= 0.6 is 15.9 Å². The number of pyridine rings is 1. The number of carbonyl (C=O) groups is 2. The Hall–Kier alpha value is -1.94. The number of hydrogen-bond acceptors (Lipinski definition) is 5. The largest absolute Gasteiger partial charge is 0.452 e. The highest BCUT2D eigenvalue weighted by Gasteiger charge is 2.13. The maximum atomic E-state index is 11.6. The molecule has 0 spiro atoms. The molecule has 0 aliphatic heterocycles. The van der Waals surface area contributed by atoms with Gasteiger partial charge in [-0.1, -0.05) is 0 Å². The van der Waals surface area contributed by atoms with Crippen molar-refractivity contribution < 1.29 is 14.3 Å². The summed E-state index contributed by atoms with van der Waals surface area (Å²) in [7, 11) is 1.55. The predicted octanol–water partition coefficient (Wildman–Crippen LogP) is 1.37. The van der Waals surface area contributed by atoms with Gasteiger partial charge in [-0.3, -0.25) is 9.78 Å². The maximum Gasteiger partial charge on any atom is 0.340 e. The summed E-state index contributed by atoms with van der Waals surface area (Å²) in [6, 6.07) is 3.49. The van der Waals surface area contributed by atoms with Crippen molar-refractivity contribution in [2.75, 3.05) is 20.2 Å². The fourth-order valence-corrected chi connectivity index (χ4v) is 1.55. The second-order valence-corrected chi connectivity index (χ2v) is 4.61. The molecule has 0 radical (unpaired) electrons. The Balaban J connectivity index is 2.46. The van der Waals surface area contributed by atoms with Crippen LogP contribution in [0.4, 0.5) is 0 Å². The molecular formula is C12H12BrN3O3. The molecule has 1 heterocycles. The number of carbonyl (C=O) groups excluding carboxylic acids is 2. The van der Waals surface area contributed by atoms with E-state index in [-0.39, 0.29) is 24.5 Å². The number of ether oxygens (including phenoxy) is 1. The van der Waals surface area contributed by atoms with E-state index in [9.17, 15) is 9.59 Å². The molecule has 100 valence electrons. The second-order valence-electron chi connectivity index (χ2n) is 3.69. The van der Waals surface area contributed by atoms with Crippen molar-refractivity contribution in [2.45, 2.75) is 6.42 Å². The number of likely N-dealkylation sites (N-methyl/N-ethyl adjacent to an activating group) is 1. The Morgan fingerprint density at radius 3 is 2.89 bits per heavy atom. The molecule has 0 bridgehead atoms. The number of esters is 1. The SMILES string of the molecule is CN(CCC#N)C(=O)COC(=O)c1cncc(Br)c1. The van der Waals surface area contributed by atoms with Crippen LogP contribution in [-0.2, 0) is 9.53 Å². The number of halogens is 1. The van der Waals surface area contributed by atoms with E-state index in [0.717, 1.165) is 0 Å². The van der Waals surface area contributed by atoms with Gasteiger partial charge in [0.1, 0.15) is 0 Å². The van der Waals surface area contributed by atoms with E-state index in [1.165, 1.54) is 17.3 Å². The van der Waals surface area contributed by atoms with Crippen molar-refractivity contribution in [3.63, 3.8) is 0 Å². The van der Waals surface area contributed by atoms with Gasteiger partial charge in [-0.05, 0) is 22.0 Å². The molecule has 7 heteroatoms. The Bertz CT molecular complexity index is 513. The molecule has 0 saturated heterocycles. The van der Waals surface area contributed by atoms with E-state index in [2.05, 4.69) is 20.9 Å². The first-order valence-electron chi connectivity index (χ1n) is 5.43. The van der Waals surface area contributed by atoms with Gasteiger partial charge in [0.15, 0.2) is 6.61 Å². The molecule has 1 aromatic rings. The molecule has 0 atom stereocenters. The van der Waals surface area contributed by atoms with E-state index < -0.39 is 5.97 Å². The van der Waals surface area contributed by atoms with Gasteiger partial charge in [0.05, 0.1) is 18.1 Å². The fraction of sp³-hybridized carbons (Fsp3) is 0.333. The highest BCUT2D eigenvalue weighted by Crippen LogP contribution is 2.10. The lowest BCUT2D eigenvalue weighted by atomic mass is 10.3. The molecule has 1 amide bonds. The van der Waals surface area contributed by atoms with Gasteiger partial charge in [0.25, 0.3) is 5.91 Å². The summed E-state index contributed by atoms with van der Waals surface area (Å²) in [5.74, 6) is -0.970. The lowest BCUT2D eigenvalue weighted by Crippen LogP contribution is -2.31. The summed E-state index contributed by atoms with van der Waals surface area (Å²) >= 11 is 3.19. The topological polar surface area (TPSA) is 83.3 Å².